The molecule has 0 aromatic carbocycles. The minimum atomic E-state index is 0.0196. The third-order valence-corrected chi connectivity index (χ3v) is 3.43. The van der Waals surface area contributed by atoms with Crippen molar-refractivity contribution in [3.8, 4) is 0 Å². The average Bonchev–Trinajstić information content (AvgIpc) is 2.78. The van der Waals surface area contributed by atoms with Gasteiger partial charge in [0.25, 0.3) is 5.96 Å². The third kappa shape index (κ3) is 3.43. The molecule has 92 valence electrons. The van der Waals surface area contributed by atoms with Gasteiger partial charge in [-0.3, -0.25) is 0 Å². The number of anilines is 1. The first-order valence-corrected chi connectivity index (χ1v) is 6.17. The lowest BCUT2D eigenvalue weighted by Gasteiger charge is -2.27. The Morgan fingerprint density at radius 1 is 1.41 bits per heavy atom. The summed E-state index contributed by atoms with van der Waals surface area (Å²) in [6.07, 6.45) is 1.77. The highest BCUT2D eigenvalue weighted by Gasteiger charge is 2.13. The first-order valence-electron chi connectivity index (χ1n) is 5.35. The molecule has 2 heterocycles. The number of hydrogen-bond donors (Lipinski definition) is 3. The van der Waals surface area contributed by atoms with E-state index < -0.39 is 0 Å². The number of rotatable bonds is 3. The summed E-state index contributed by atoms with van der Waals surface area (Å²) in [6.45, 7) is 3.48. The predicted octanol–water partition coefficient (Wildman–Crippen LogP) is -1.73. The molecule has 1 aromatic rings. The highest BCUT2D eigenvalue weighted by atomic mass is 32.1. The molecule has 2 rings (SSSR count). The Balaban J connectivity index is 2.00. The number of nitrogens with two attached hydrogens (primary N) is 2. The number of morpholine rings is 1. The molecule has 0 saturated carbocycles. The van der Waals surface area contributed by atoms with Crippen molar-refractivity contribution in [3.05, 3.63) is 17.0 Å². The normalized spacial score (nSPS) is 16.4. The number of nitrogens with zero attached hydrogens (tertiary/aromatic N) is 2. The van der Waals surface area contributed by atoms with Crippen molar-refractivity contribution in [2.75, 3.05) is 31.2 Å². The first-order chi connectivity index (χ1) is 8.25. The Bertz CT molecular complexity index is 418. The van der Waals surface area contributed by atoms with Gasteiger partial charge in [-0.05, 0) is 12.1 Å². The Morgan fingerprint density at radius 3 is 2.88 bits per heavy atom. The predicted molar refractivity (Wildman–Crippen MR) is 69.3 cm³/mol. The van der Waals surface area contributed by atoms with E-state index in [1.54, 1.807) is 17.6 Å². The lowest BCUT2D eigenvalue weighted by molar-refractivity contribution is -0.456. The maximum Gasteiger partial charge on any atom is 0.256 e. The van der Waals surface area contributed by atoms with Crippen molar-refractivity contribution < 1.29 is 9.84 Å². The molecule has 1 fully saturated rings. The molecule has 0 radical (unpaired) electrons. The summed E-state index contributed by atoms with van der Waals surface area (Å²) in [7, 11) is 0. The molecule has 0 amide bonds. The van der Waals surface area contributed by atoms with E-state index in [1.807, 2.05) is 6.07 Å². The molecule has 0 bridgehead atoms. The SMILES string of the molecule is NC(N)=N/[NH+]=C/c1ccc(N2CCOCC2)s1. The molecule has 1 aliphatic heterocycles. The Hall–Kier alpha value is -1.60. The molecule has 1 saturated heterocycles. The van der Waals surface area contributed by atoms with Crippen LogP contribution < -0.4 is 21.5 Å². The van der Waals surface area contributed by atoms with Crippen molar-refractivity contribution in [2.24, 2.45) is 16.6 Å². The van der Waals surface area contributed by atoms with E-state index in [2.05, 4.69) is 21.2 Å². The smallest absolute Gasteiger partial charge is 0.256 e. The van der Waals surface area contributed by atoms with Crippen LogP contribution in [-0.4, -0.2) is 38.5 Å². The van der Waals surface area contributed by atoms with Gasteiger partial charge in [-0.1, -0.05) is 0 Å². The monoisotopic (exact) mass is 254 g/mol. The fraction of sp³-hybridized carbons (Fsp3) is 0.400. The minimum absolute atomic E-state index is 0.0196. The van der Waals surface area contributed by atoms with E-state index in [1.165, 1.54) is 5.00 Å². The van der Waals surface area contributed by atoms with E-state index in [0.29, 0.717) is 0 Å². The van der Waals surface area contributed by atoms with Gasteiger partial charge in [0.2, 0.25) is 6.21 Å². The fourth-order valence-corrected chi connectivity index (χ4v) is 2.48. The van der Waals surface area contributed by atoms with Crippen molar-refractivity contribution in [1.29, 1.82) is 0 Å². The lowest BCUT2D eigenvalue weighted by atomic mass is 10.4. The highest BCUT2D eigenvalue weighted by Crippen LogP contribution is 2.25. The average molecular weight is 254 g/mol. The lowest BCUT2D eigenvalue weighted by Crippen LogP contribution is -2.63. The van der Waals surface area contributed by atoms with Crippen LogP contribution in [0, 0.1) is 0 Å². The van der Waals surface area contributed by atoms with Crippen LogP contribution in [0.4, 0.5) is 5.00 Å². The minimum Gasteiger partial charge on any atom is -0.378 e. The van der Waals surface area contributed by atoms with Crippen LogP contribution in [0.3, 0.4) is 0 Å². The van der Waals surface area contributed by atoms with Crippen molar-refractivity contribution >= 4 is 28.5 Å². The summed E-state index contributed by atoms with van der Waals surface area (Å²) < 4.78 is 5.32. The van der Waals surface area contributed by atoms with Crippen LogP contribution in [0.25, 0.3) is 0 Å². The van der Waals surface area contributed by atoms with Crippen LogP contribution >= 0.6 is 11.3 Å². The van der Waals surface area contributed by atoms with Gasteiger partial charge in [-0.25, -0.2) is 0 Å². The molecule has 5 N–H and O–H groups in total. The number of nitrogens with one attached hydrogen (secondary N) is 1. The molecule has 0 unspecified atom stereocenters. The molecule has 6 nitrogen and oxygen atoms in total. The third-order valence-electron chi connectivity index (χ3n) is 2.34. The van der Waals surface area contributed by atoms with E-state index in [-0.39, 0.29) is 5.96 Å². The van der Waals surface area contributed by atoms with Gasteiger partial charge < -0.3 is 21.1 Å². The summed E-state index contributed by atoms with van der Waals surface area (Å²) in [5, 5.41) is 7.62. The summed E-state index contributed by atoms with van der Waals surface area (Å²) in [5.74, 6) is 0.0196. The zero-order valence-electron chi connectivity index (χ0n) is 9.43. The second kappa shape index (κ2) is 5.65. The Kier molecular flexibility index (Phi) is 3.94. The number of hydrazone groups is 1. The zero-order chi connectivity index (χ0) is 12.1. The van der Waals surface area contributed by atoms with Gasteiger partial charge in [0, 0.05) is 18.2 Å². The van der Waals surface area contributed by atoms with Crippen LogP contribution in [-0.2, 0) is 4.74 Å². The largest absolute Gasteiger partial charge is 0.378 e. The summed E-state index contributed by atoms with van der Waals surface area (Å²) >= 11 is 1.69. The molecule has 7 heteroatoms. The maximum atomic E-state index is 5.32. The van der Waals surface area contributed by atoms with Crippen LogP contribution in [0.1, 0.15) is 4.88 Å². The molecule has 1 aromatic heterocycles. The molecular formula is C10H16N5OS+. The fourth-order valence-electron chi connectivity index (χ4n) is 1.54. The molecule has 0 atom stereocenters. The Labute approximate surface area is 104 Å². The second-order valence-corrected chi connectivity index (χ2v) is 4.68. The van der Waals surface area contributed by atoms with Gasteiger partial charge in [-0.15, -0.1) is 16.4 Å². The summed E-state index contributed by atoms with van der Waals surface area (Å²) in [4.78, 5) is 3.39. The number of thiophene rings is 1. The van der Waals surface area contributed by atoms with Crippen molar-refractivity contribution in [3.63, 3.8) is 0 Å². The van der Waals surface area contributed by atoms with E-state index in [0.717, 1.165) is 31.2 Å². The van der Waals surface area contributed by atoms with Crippen molar-refractivity contribution in [2.45, 2.75) is 0 Å². The Morgan fingerprint density at radius 2 is 2.18 bits per heavy atom. The number of guanidine groups is 1. The molecule has 0 aliphatic carbocycles. The van der Waals surface area contributed by atoms with E-state index in [9.17, 15) is 0 Å². The summed E-state index contributed by atoms with van der Waals surface area (Å²) in [5.41, 5.74) is 10.4. The van der Waals surface area contributed by atoms with Gasteiger partial charge in [0.15, 0.2) is 0 Å². The topological polar surface area (TPSA) is 90.8 Å². The molecular weight excluding hydrogens is 238 g/mol. The highest BCUT2D eigenvalue weighted by molar-refractivity contribution is 7.17. The standard InChI is InChI=1S/C10H15N5OS/c11-10(12)14-13-7-8-1-2-9(17-8)15-3-5-16-6-4-15/h1-2,7H,3-6H2,(H4,11,12,14)/p+1/b13-7+. The second-order valence-electron chi connectivity index (χ2n) is 3.59. The molecule has 0 spiro atoms. The van der Waals surface area contributed by atoms with E-state index >= 15 is 0 Å². The summed E-state index contributed by atoms with van der Waals surface area (Å²) in [6, 6.07) is 4.13. The molecule has 1 aliphatic rings. The quantitative estimate of drug-likeness (QED) is 0.340. The van der Waals surface area contributed by atoms with Crippen LogP contribution in [0.2, 0.25) is 0 Å². The first kappa shape index (κ1) is 11.9. The van der Waals surface area contributed by atoms with Gasteiger partial charge >= 0.3 is 0 Å². The van der Waals surface area contributed by atoms with E-state index in [4.69, 9.17) is 16.2 Å². The number of ether oxygens (including phenoxy) is 1. The maximum absolute atomic E-state index is 5.32. The zero-order valence-corrected chi connectivity index (χ0v) is 10.2. The molecule has 17 heavy (non-hydrogen) atoms. The number of hydrogen-bond acceptors (Lipinski definition) is 4. The van der Waals surface area contributed by atoms with Crippen LogP contribution in [0.15, 0.2) is 17.2 Å². The van der Waals surface area contributed by atoms with Crippen LogP contribution in [0.5, 0.6) is 0 Å². The van der Waals surface area contributed by atoms with Gasteiger partial charge in [0.1, 0.15) is 0 Å². The van der Waals surface area contributed by atoms with Crippen molar-refractivity contribution in [1.82, 2.24) is 0 Å². The van der Waals surface area contributed by atoms with Gasteiger partial charge in [-0.2, -0.15) is 0 Å². The van der Waals surface area contributed by atoms with Gasteiger partial charge in [0.05, 0.1) is 23.1 Å².